The van der Waals surface area contributed by atoms with Crippen molar-refractivity contribution >= 4 is 17.4 Å². The largest absolute Gasteiger partial charge is 0.384 e. The Labute approximate surface area is 109 Å². The van der Waals surface area contributed by atoms with E-state index in [1.54, 1.807) is 10.9 Å². The summed E-state index contributed by atoms with van der Waals surface area (Å²) >= 11 is 6.21. The van der Waals surface area contributed by atoms with E-state index in [1.807, 2.05) is 14.0 Å². The second kappa shape index (κ2) is 4.97. The Morgan fingerprint density at radius 2 is 2.33 bits per heavy atom. The molecule has 8 heteroatoms. The van der Waals surface area contributed by atoms with Gasteiger partial charge >= 0.3 is 0 Å². The molecule has 1 unspecified atom stereocenters. The van der Waals surface area contributed by atoms with Gasteiger partial charge in [-0.1, -0.05) is 11.6 Å². The van der Waals surface area contributed by atoms with Crippen molar-refractivity contribution in [3.05, 3.63) is 28.2 Å². The van der Waals surface area contributed by atoms with Gasteiger partial charge in [0.1, 0.15) is 5.82 Å². The number of hydrogen-bond acceptors (Lipinski definition) is 5. The summed E-state index contributed by atoms with van der Waals surface area (Å²) in [6.45, 7) is 1.86. The average molecular weight is 270 g/mol. The molecule has 0 amide bonds. The van der Waals surface area contributed by atoms with Crippen molar-refractivity contribution in [1.82, 2.24) is 25.4 Å². The Morgan fingerprint density at radius 3 is 2.78 bits per heavy atom. The SMILES string of the molecule is Cc1nn(C)c(CC(NN)c2cn[nH]c2N)c1Cl. The van der Waals surface area contributed by atoms with Crippen molar-refractivity contribution < 1.29 is 0 Å². The summed E-state index contributed by atoms with van der Waals surface area (Å²) in [7, 11) is 1.85. The number of halogens is 1. The summed E-state index contributed by atoms with van der Waals surface area (Å²) in [6, 6.07) is -0.170. The highest BCUT2D eigenvalue weighted by atomic mass is 35.5. The number of nitrogens with zero attached hydrogens (tertiary/aromatic N) is 3. The third-order valence-corrected chi connectivity index (χ3v) is 3.43. The number of nitrogen functional groups attached to an aromatic ring is 1. The average Bonchev–Trinajstić information content (AvgIpc) is 2.84. The molecule has 0 saturated carbocycles. The van der Waals surface area contributed by atoms with Gasteiger partial charge in [-0.3, -0.25) is 21.0 Å². The van der Waals surface area contributed by atoms with Crippen LogP contribution >= 0.6 is 11.6 Å². The lowest BCUT2D eigenvalue weighted by molar-refractivity contribution is 0.531. The van der Waals surface area contributed by atoms with Crippen LogP contribution < -0.4 is 17.0 Å². The number of hydrogen-bond donors (Lipinski definition) is 4. The number of H-pyrrole nitrogens is 1. The van der Waals surface area contributed by atoms with E-state index in [9.17, 15) is 0 Å². The number of anilines is 1. The fraction of sp³-hybridized carbons (Fsp3) is 0.400. The number of rotatable bonds is 4. The summed E-state index contributed by atoms with van der Waals surface area (Å²) < 4.78 is 1.75. The van der Waals surface area contributed by atoms with Gasteiger partial charge in [-0.2, -0.15) is 10.2 Å². The van der Waals surface area contributed by atoms with Crippen LogP contribution in [0.5, 0.6) is 0 Å². The molecule has 6 N–H and O–H groups in total. The maximum atomic E-state index is 6.21. The molecule has 0 aromatic carbocycles. The van der Waals surface area contributed by atoms with E-state index < -0.39 is 0 Å². The molecular formula is C10H16ClN7. The zero-order valence-corrected chi connectivity index (χ0v) is 11.0. The van der Waals surface area contributed by atoms with E-state index in [0.29, 0.717) is 17.3 Å². The van der Waals surface area contributed by atoms with E-state index in [-0.39, 0.29) is 6.04 Å². The highest BCUT2D eigenvalue weighted by molar-refractivity contribution is 6.31. The van der Waals surface area contributed by atoms with Crippen LogP contribution in [0.4, 0.5) is 5.82 Å². The van der Waals surface area contributed by atoms with E-state index in [0.717, 1.165) is 17.0 Å². The molecule has 2 heterocycles. The molecule has 2 aromatic heterocycles. The summed E-state index contributed by atoms with van der Waals surface area (Å²) in [5.41, 5.74) is 11.0. The van der Waals surface area contributed by atoms with Crippen molar-refractivity contribution in [2.75, 3.05) is 5.73 Å². The molecule has 1 atom stereocenters. The van der Waals surface area contributed by atoms with Gasteiger partial charge in [-0.15, -0.1) is 0 Å². The summed E-state index contributed by atoms with van der Waals surface area (Å²) in [5.74, 6) is 6.06. The van der Waals surface area contributed by atoms with Gasteiger partial charge in [0.25, 0.3) is 0 Å². The lowest BCUT2D eigenvalue weighted by Gasteiger charge is -2.15. The second-order valence-electron chi connectivity index (χ2n) is 4.13. The number of hydrazine groups is 1. The molecule has 0 aliphatic heterocycles. The van der Waals surface area contributed by atoms with E-state index in [4.69, 9.17) is 23.2 Å². The zero-order valence-electron chi connectivity index (χ0n) is 10.2. The second-order valence-corrected chi connectivity index (χ2v) is 4.51. The number of aryl methyl sites for hydroxylation is 2. The fourth-order valence-electron chi connectivity index (χ4n) is 1.94. The number of nitrogens with one attached hydrogen (secondary N) is 2. The molecule has 18 heavy (non-hydrogen) atoms. The normalized spacial score (nSPS) is 12.9. The van der Waals surface area contributed by atoms with Crippen LogP contribution in [0.1, 0.15) is 23.0 Å². The van der Waals surface area contributed by atoms with Gasteiger partial charge in [-0.25, -0.2) is 0 Å². The van der Waals surface area contributed by atoms with Crippen molar-refractivity contribution in [3.63, 3.8) is 0 Å². The Bertz CT molecular complexity index is 544. The van der Waals surface area contributed by atoms with Crippen LogP contribution in [0.3, 0.4) is 0 Å². The predicted molar refractivity (Wildman–Crippen MR) is 69.7 cm³/mol. The highest BCUT2D eigenvalue weighted by Gasteiger charge is 2.20. The van der Waals surface area contributed by atoms with Crippen molar-refractivity contribution in [3.8, 4) is 0 Å². The molecular weight excluding hydrogens is 254 g/mol. The first-order valence-corrected chi connectivity index (χ1v) is 5.85. The van der Waals surface area contributed by atoms with Gasteiger partial charge in [0.2, 0.25) is 0 Å². The number of nitrogens with two attached hydrogens (primary N) is 2. The lowest BCUT2D eigenvalue weighted by Crippen LogP contribution is -2.30. The highest BCUT2D eigenvalue weighted by Crippen LogP contribution is 2.26. The monoisotopic (exact) mass is 269 g/mol. The molecule has 0 radical (unpaired) electrons. The quantitative estimate of drug-likeness (QED) is 0.475. The maximum Gasteiger partial charge on any atom is 0.123 e. The summed E-state index contributed by atoms with van der Waals surface area (Å²) in [5, 5.41) is 11.5. The topological polar surface area (TPSA) is 111 Å². The minimum atomic E-state index is -0.170. The third kappa shape index (κ3) is 2.20. The predicted octanol–water partition coefficient (Wildman–Crippen LogP) is 0.434. The first-order valence-electron chi connectivity index (χ1n) is 5.47. The van der Waals surface area contributed by atoms with Crippen LogP contribution in [0.15, 0.2) is 6.20 Å². The Balaban J connectivity index is 2.29. The molecule has 0 aliphatic carbocycles. The van der Waals surface area contributed by atoms with Gasteiger partial charge in [-0.05, 0) is 6.92 Å². The summed E-state index contributed by atoms with van der Waals surface area (Å²) in [4.78, 5) is 0. The van der Waals surface area contributed by atoms with E-state index in [2.05, 4.69) is 20.7 Å². The summed E-state index contributed by atoms with van der Waals surface area (Å²) in [6.07, 6.45) is 2.23. The van der Waals surface area contributed by atoms with Gasteiger partial charge in [0.15, 0.2) is 0 Å². The molecule has 0 spiro atoms. The Morgan fingerprint density at radius 1 is 1.61 bits per heavy atom. The lowest BCUT2D eigenvalue weighted by atomic mass is 10.1. The van der Waals surface area contributed by atoms with E-state index >= 15 is 0 Å². The fourth-order valence-corrected chi connectivity index (χ4v) is 2.17. The van der Waals surface area contributed by atoms with Crippen LogP contribution in [0.25, 0.3) is 0 Å². The van der Waals surface area contributed by atoms with Crippen molar-refractivity contribution in [2.45, 2.75) is 19.4 Å². The van der Waals surface area contributed by atoms with Crippen LogP contribution in [-0.2, 0) is 13.5 Å². The molecule has 0 bridgehead atoms. The first kappa shape index (κ1) is 12.9. The first-order chi connectivity index (χ1) is 8.54. The number of aromatic nitrogens is 4. The van der Waals surface area contributed by atoms with Gasteiger partial charge in [0, 0.05) is 19.0 Å². The zero-order chi connectivity index (χ0) is 13.3. The maximum absolute atomic E-state index is 6.21. The molecule has 2 aromatic rings. The minimum absolute atomic E-state index is 0.170. The van der Waals surface area contributed by atoms with Crippen molar-refractivity contribution in [1.29, 1.82) is 0 Å². The Kier molecular flexibility index (Phi) is 3.55. The molecule has 7 nitrogen and oxygen atoms in total. The molecule has 0 saturated heterocycles. The van der Waals surface area contributed by atoms with Gasteiger partial charge in [0.05, 0.1) is 28.6 Å². The van der Waals surface area contributed by atoms with Gasteiger partial charge < -0.3 is 5.73 Å². The molecule has 0 fully saturated rings. The van der Waals surface area contributed by atoms with E-state index in [1.165, 1.54) is 0 Å². The molecule has 98 valence electrons. The minimum Gasteiger partial charge on any atom is -0.384 e. The third-order valence-electron chi connectivity index (χ3n) is 2.94. The number of aromatic amines is 1. The Hall–Kier alpha value is -1.57. The van der Waals surface area contributed by atoms with Crippen molar-refractivity contribution in [2.24, 2.45) is 12.9 Å². The molecule has 0 aliphatic rings. The molecule has 2 rings (SSSR count). The standard InChI is InChI=1S/C10H16ClN7/c1-5-9(11)8(18(2)17-5)3-7(15-13)6-4-14-16-10(6)12/h4,7,15H,3,13H2,1-2H3,(H3,12,14,16). The smallest absolute Gasteiger partial charge is 0.123 e. The van der Waals surface area contributed by atoms with Crippen LogP contribution in [0.2, 0.25) is 5.02 Å². The van der Waals surface area contributed by atoms with Crippen LogP contribution in [-0.4, -0.2) is 20.0 Å². The van der Waals surface area contributed by atoms with Crippen LogP contribution in [0, 0.1) is 6.92 Å².